The number of carbonyl (C=O) groups excluding carboxylic acids is 2. The molecule has 1 aromatic heterocycles. The largest absolute Gasteiger partial charge is 0.497 e. The van der Waals surface area contributed by atoms with Gasteiger partial charge in [0.2, 0.25) is 15.9 Å². The number of thiazole rings is 1. The van der Waals surface area contributed by atoms with Crippen LogP contribution < -0.4 is 10.1 Å². The molecule has 1 saturated heterocycles. The van der Waals surface area contributed by atoms with E-state index in [0.29, 0.717) is 25.4 Å². The molecule has 0 spiro atoms. The van der Waals surface area contributed by atoms with Crippen molar-refractivity contribution in [3.05, 3.63) is 101 Å². The summed E-state index contributed by atoms with van der Waals surface area (Å²) in [5.41, 5.74) is 2.76. The molecule has 13 heteroatoms. The van der Waals surface area contributed by atoms with Gasteiger partial charge in [0.1, 0.15) is 16.8 Å². The average molecular weight is 776 g/mol. The molecule has 54 heavy (non-hydrogen) atoms. The first-order valence-corrected chi connectivity index (χ1v) is 20.8. The number of aliphatic hydroxyl groups excluding tert-OH is 1. The molecule has 0 saturated carbocycles. The van der Waals surface area contributed by atoms with E-state index in [1.807, 2.05) is 88.4 Å². The highest BCUT2D eigenvalue weighted by Crippen LogP contribution is 2.30. The van der Waals surface area contributed by atoms with Crippen molar-refractivity contribution in [1.29, 1.82) is 0 Å². The summed E-state index contributed by atoms with van der Waals surface area (Å²) in [5.74, 6) is -0.154. The molecule has 1 aliphatic heterocycles. The van der Waals surface area contributed by atoms with Crippen molar-refractivity contribution in [2.75, 3.05) is 33.3 Å². The molecular formula is C41H53N5O6S2. The minimum absolute atomic E-state index is 0.0375. The summed E-state index contributed by atoms with van der Waals surface area (Å²) < 4.78 is 34.3. The fraction of sp³-hybridized carbons (Fsp3) is 0.439. The molecule has 290 valence electrons. The molecule has 0 aliphatic carbocycles. The number of methoxy groups -OCH3 is 1. The minimum atomic E-state index is -4.01. The van der Waals surface area contributed by atoms with Crippen LogP contribution in [-0.4, -0.2) is 96.0 Å². The van der Waals surface area contributed by atoms with Gasteiger partial charge >= 0.3 is 6.03 Å². The first kappa shape index (κ1) is 40.9. The second-order valence-electron chi connectivity index (χ2n) is 14.5. The van der Waals surface area contributed by atoms with Gasteiger partial charge in [-0.05, 0) is 54.5 Å². The average Bonchev–Trinajstić information content (AvgIpc) is 3.74. The molecule has 3 aromatic carbocycles. The zero-order chi connectivity index (χ0) is 39.0. The Hall–Kier alpha value is -4.30. The zero-order valence-electron chi connectivity index (χ0n) is 32.0. The van der Waals surface area contributed by atoms with E-state index >= 15 is 0 Å². The van der Waals surface area contributed by atoms with Crippen molar-refractivity contribution in [3.63, 3.8) is 0 Å². The van der Waals surface area contributed by atoms with E-state index in [1.54, 1.807) is 33.3 Å². The van der Waals surface area contributed by atoms with Gasteiger partial charge in [0.25, 0.3) is 0 Å². The van der Waals surface area contributed by atoms with Crippen LogP contribution in [-0.2, 0) is 34.2 Å². The van der Waals surface area contributed by atoms with Crippen molar-refractivity contribution in [1.82, 2.24) is 24.4 Å². The lowest BCUT2D eigenvalue weighted by Gasteiger charge is -2.34. The first-order chi connectivity index (χ1) is 25.8. The smallest absolute Gasteiger partial charge is 0.321 e. The SMILES string of the molecule is CCc1sc(-c2ccccc2)nc1CN1CCN([C@H](C(=O)N[C@@H](Cc2ccccc2)[C@H](O)CN(CC(C)C)S(=O)(=O)c2ccc(OC)cc2)C(C)C)C1=O. The quantitative estimate of drug-likeness (QED) is 0.125. The number of urea groups is 1. The minimum Gasteiger partial charge on any atom is -0.497 e. The molecule has 0 radical (unpaired) electrons. The number of nitrogens with one attached hydrogen (secondary N) is 1. The molecule has 4 aromatic rings. The van der Waals surface area contributed by atoms with E-state index in [2.05, 4.69) is 12.2 Å². The normalized spacial score (nSPS) is 15.3. The molecular weight excluding hydrogens is 723 g/mol. The summed E-state index contributed by atoms with van der Waals surface area (Å²) in [6, 6.07) is 23.7. The Kier molecular flexibility index (Phi) is 13.9. The lowest BCUT2D eigenvalue weighted by Crippen LogP contribution is -2.57. The number of hydrogen-bond acceptors (Lipinski definition) is 8. The van der Waals surface area contributed by atoms with E-state index in [-0.39, 0.29) is 42.3 Å². The molecule has 0 bridgehead atoms. The Morgan fingerprint density at radius 2 is 1.61 bits per heavy atom. The predicted octanol–water partition coefficient (Wildman–Crippen LogP) is 6.08. The second-order valence-corrected chi connectivity index (χ2v) is 17.5. The fourth-order valence-corrected chi connectivity index (χ4v) is 9.45. The van der Waals surface area contributed by atoms with Crippen LogP contribution in [0.3, 0.4) is 0 Å². The number of aromatic nitrogens is 1. The van der Waals surface area contributed by atoms with Gasteiger partial charge in [-0.2, -0.15) is 4.31 Å². The third kappa shape index (κ3) is 9.86. The third-order valence-corrected chi connectivity index (χ3v) is 12.7. The van der Waals surface area contributed by atoms with Gasteiger partial charge in [-0.25, -0.2) is 18.2 Å². The highest BCUT2D eigenvalue weighted by molar-refractivity contribution is 7.89. The topological polar surface area (TPSA) is 132 Å². The first-order valence-electron chi connectivity index (χ1n) is 18.6. The standard InChI is InChI=1S/C41H53N5O6S2/c1-7-37-35(43-40(53-37)31-16-12-9-13-17-31)26-44-22-23-46(41(44)49)38(29(4)5)39(48)42-34(24-30-14-10-8-11-15-30)36(47)27-45(25-28(2)3)54(50,51)33-20-18-32(52-6)19-21-33/h8-21,28-29,34,36,38,47H,7,22-27H2,1-6H3,(H,42,48)/t34-,36+,38-/m0/s1. The van der Waals surface area contributed by atoms with Crippen molar-refractivity contribution in [2.24, 2.45) is 11.8 Å². The van der Waals surface area contributed by atoms with Crippen LogP contribution in [0.2, 0.25) is 0 Å². The van der Waals surface area contributed by atoms with E-state index in [4.69, 9.17) is 9.72 Å². The highest BCUT2D eigenvalue weighted by atomic mass is 32.2. The summed E-state index contributed by atoms with van der Waals surface area (Å²) in [5, 5.41) is 15.8. The number of sulfonamides is 1. The molecule has 5 rings (SSSR count). The number of benzene rings is 3. The van der Waals surface area contributed by atoms with Crippen molar-refractivity contribution < 1.29 is 27.9 Å². The maximum atomic E-state index is 14.3. The summed E-state index contributed by atoms with van der Waals surface area (Å²) >= 11 is 1.64. The molecule has 1 aliphatic rings. The summed E-state index contributed by atoms with van der Waals surface area (Å²) in [4.78, 5) is 37.8. The van der Waals surface area contributed by atoms with Crippen LogP contribution in [0.15, 0.2) is 89.8 Å². The number of aryl methyl sites for hydroxylation is 1. The van der Waals surface area contributed by atoms with Crippen molar-refractivity contribution in [2.45, 2.75) is 77.1 Å². The van der Waals surface area contributed by atoms with Gasteiger partial charge in [-0.1, -0.05) is 95.3 Å². The van der Waals surface area contributed by atoms with Gasteiger partial charge in [-0.3, -0.25) is 4.79 Å². The number of rotatable bonds is 18. The van der Waals surface area contributed by atoms with E-state index in [9.17, 15) is 23.1 Å². The van der Waals surface area contributed by atoms with Gasteiger partial charge in [0, 0.05) is 36.6 Å². The Bertz CT molecular complexity index is 1940. The van der Waals surface area contributed by atoms with Crippen LogP contribution in [0.5, 0.6) is 5.75 Å². The number of ether oxygens (including phenoxy) is 1. The molecule has 3 atom stereocenters. The van der Waals surface area contributed by atoms with Crippen LogP contribution >= 0.6 is 11.3 Å². The Morgan fingerprint density at radius 3 is 2.20 bits per heavy atom. The predicted molar refractivity (Wildman–Crippen MR) is 213 cm³/mol. The number of aliphatic hydroxyl groups is 1. The number of amides is 3. The highest BCUT2D eigenvalue weighted by Gasteiger charge is 2.41. The molecule has 2 heterocycles. The van der Waals surface area contributed by atoms with Gasteiger partial charge in [-0.15, -0.1) is 11.3 Å². The summed E-state index contributed by atoms with van der Waals surface area (Å²) in [7, 11) is -2.50. The molecule has 2 N–H and O–H groups in total. The van der Waals surface area contributed by atoms with Gasteiger partial charge < -0.3 is 25.0 Å². The summed E-state index contributed by atoms with van der Waals surface area (Å²) in [6.45, 7) is 10.8. The lowest BCUT2D eigenvalue weighted by molar-refractivity contribution is -0.128. The van der Waals surface area contributed by atoms with Crippen LogP contribution in [0.1, 0.15) is 50.8 Å². The van der Waals surface area contributed by atoms with Crippen molar-refractivity contribution in [3.8, 4) is 16.3 Å². The molecule has 3 amide bonds. The van der Waals surface area contributed by atoms with Crippen molar-refractivity contribution >= 4 is 33.3 Å². The van der Waals surface area contributed by atoms with Gasteiger partial charge in [0.05, 0.1) is 36.4 Å². The second kappa shape index (κ2) is 18.4. The molecule has 1 fully saturated rings. The van der Waals surface area contributed by atoms with E-state index < -0.39 is 34.1 Å². The third-order valence-electron chi connectivity index (χ3n) is 9.57. The van der Waals surface area contributed by atoms with E-state index in [0.717, 1.165) is 33.1 Å². The van der Waals surface area contributed by atoms with Gasteiger partial charge in [0.15, 0.2) is 0 Å². The maximum Gasteiger partial charge on any atom is 0.321 e. The Labute approximate surface area is 324 Å². The number of hydrogen-bond donors (Lipinski definition) is 2. The summed E-state index contributed by atoms with van der Waals surface area (Å²) in [6.07, 6.45) is -0.219. The van der Waals surface area contributed by atoms with Crippen LogP contribution in [0, 0.1) is 11.8 Å². The number of carbonyl (C=O) groups is 2. The lowest BCUT2D eigenvalue weighted by atomic mass is 9.97. The molecule has 11 nitrogen and oxygen atoms in total. The van der Waals surface area contributed by atoms with E-state index in [1.165, 1.54) is 23.5 Å². The fourth-order valence-electron chi connectivity index (χ4n) is 6.81. The Morgan fingerprint density at radius 1 is 0.963 bits per heavy atom. The monoisotopic (exact) mass is 775 g/mol. The van der Waals surface area contributed by atoms with Crippen LogP contribution in [0.4, 0.5) is 4.79 Å². The Balaban J connectivity index is 1.35. The van der Waals surface area contributed by atoms with Crippen LogP contribution in [0.25, 0.3) is 10.6 Å². The maximum absolute atomic E-state index is 14.3. The number of nitrogens with zero attached hydrogens (tertiary/aromatic N) is 4. The molecule has 0 unspecified atom stereocenters. The zero-order valence-corrected chi connectivity index (χ0v) is 33.6.